The van der Waals surface area contributed by atoms with Gasteiger partial charge in [-0.2, -0.15) is 5.10 Å². The highest BCUT2D eigenvalue weighted by atomic mass is 79.9. The van der Waals surface area contributed by atoms with Crippen molar-refractivity contribution in [2.75, 3.05) is 5.32 Å². The number of hydrogen-bond acceptors (Lipinski definition) is 2. The van der Waals surface area contributed by atoms with Gasteiger partial charge in [0.2, 0.25) is 0 Å². The Hall–Kier alpha value is -0.950. The van der Waals surface area contributed by atoms with Crippen LogP contribution in [0.1, 0.15) is 11.4 Å². The van der Waals surface area contributed by atoms with E-state index in [0.717, 1.165) is 21.9 Å². The van der Waals surface area contributed by atoms with Gasteiger partial charge in [0.1, 0.15) is 11.6 Å². The van der Waals surface area contributed by atoms with E-state index in [2.05, 4.69) is 42.3 Å². The number of nitrogens with zero attached hydrogens (tertiary/aromatic N) is 2. The Morgan fingerprint density at radius 1 is 1.32 bits per heavy atom. The molecule has 2 rings (SSSR count). The molecule has 1 N–H and O–H groups in total. The number of nitrogens with one attached hydrogen (secondary N) is 1. The molecule has 2 aromatic rings. The number of aryl methyl sites for hydroxylation is 2. The zero-order valence-corrected chi connectivity index (χ0v) is 13.4. The van der Waals surface area contributed by atoms with E-state index in [1.807, 2.05) is 14.0 Å². The summed E-state index contributed by atoms with van der Waals surface area (Å²) in [6.45, 7) is 2.25. The van der Waals surface area contributed by atoms with Gasteiger partial charge in [0.05, 0.1) is 28.1 Å². The van der Waals surface area contributed by atoms with E-state index in [0.29, 0.717) is 11.0 Å². The van der Waals surface area contributed by atoms with Crippen molar-refractivity contribution in [1.82, 2.24) is 9.78 Å². The van der Waals surface area contributed by atoms with Crippen molar-refractivity contribution in [2.45, 2.75) is 13.5 Å². The van der Waals surface area contributed by atoms with Gasteiger partial charge in [0, 0.05) is 17.6 Å². The SMILES string of the molecule is Cc1nn(C)c(CNc2c(F)cc(F)cc2Br)c1Br. The summed E-state index contributed by atoms with van der Waals surface area (Å²) in [5.74, 6) is -1.26. The second-order valence-corrected chi connectivity index (χ2v) is 5.72. The molecule has 0 aliphatic rings. The Labute approximate surface area is 126 Å². The van der Waals surface area contributed by atoms with Gasteiger partial charge in [-0.3, -0.25) is 4.68 Å². The van der Waals surface area contributed by atoms with Crippen LogP contribution in [-0.4, -0.2) is 9.78 Å². The molecule has 0 amide bonds. The predicted octanol–water partition coefficient (Wildman–Crippen LogP) is 4.14. The summed E-state index contributed by atoms with van der Waals surface area (Å²) >= 11 is 6.57. The monoisotopic (exact) mass is 393 g/mol. The van der Waals surface area contributed by atoms with Crippen LogP contribution in [0.3, 0.4) is 0 Å². The Balaban J connectivity index is 2.24. The van der Waals surface area contributed by atoms with E-state index >= 15 is 0 Å². The minimum Gasteiger partial charge on any atom is -0.376 e. The number of anilines is 1. The number of benzene rings is 1. The zero-order chi connectivity index (χ0) is 14.2. The standard InChI is InChI=1S/C12H11Br2F2N3/c1-6-11(14)10(19(2)18-6)5-17-12-8(13)3-7(15)4-9(12)16/h3-4,17H,5H2,1-2H3. The van der Waals surface area contributed by atoms with Crippen molar-refractivity contribution in [3.63, 3.8) is 0 Å². The van der Waals surface area contributed by atoms with E-state index < -0.39 is 11.6 Å². The summed E-state index contributed by atoms with van der Waals surface area (Å²) in [5.41, 5.74) is 1.97. The Bertz CT molecular complexity index is 603. The quantitative estimate of drug-likeness (QED) is 0.847. The van der Waals surface area contributed by atoms with Gasteiger partial charge in [-0.15, -0.1) is 0 Å². The van der Waals surface area contributed by atoms with Gasteiger partial charge < -0.3 is 5.32 Å². The van der Waals surface area contributed by atoms with Crippen molar-refractivity contribution >= 4 is 37.5 Å². The molecule has 0 aliphatic carbocycles. The first-order valence-electron chi connectivity index (χ1n) is 5.46. The van der Waals surface area contributed by atoms with Gasteiger partial charge in [-0.1, -0.05) is 0 Å². The van der Waals surface area contributed by atoms with Crippen molar-refractivity contribution in [2.24, 2.45) is 7.05 Å². The third-order valence-corrected chi connectivity index (χ3v) is 4.36. The van der Waals surface area contributed by atoms with Crippen LogP contribution in [0.25, 0.3) is 0 Å². The number of rotatable bonds is 3. The van der Waals surface area contributed by atoms with E-state index in [1.54, 1.807) is 4.68 Å². The average Bonchev–Trinajstić information content (AvgIpc) is 2.53. The lowest BCUT2D eigenvalue weighted by molar-refractivity contribution is 0.583. The van der Waals surface area contributed by atoms with Crippen molar-refractivity contribution in [3.05, 3.63) is 44.1 Å². The Kier molecular flexibility index (Phi) is 4.25. The van der Waals surface area contributed by atoms with E-state index in [-0.39, 0.29) is 5.69 Å². The number of halogens is 4. The van der Waals surface area contributed by atoms with Gasteiger partial charge in [0.15, 0.2) is 0 Å². The first-order valence-corrected chi connectivity index (χ1v) is 7.05. The maximum atomic E-state index is 13.7. The fourth-order valence-electron chi connectivity index (χ4n) is 1.76. The lowest BCUT2D eigenvalue weighted by atomic mass is 10.3. The molecule has 0 fully saturated rings. The van der Waals surface area contributed by atoms with Crippen LogP contribution in [0.4, 0.5) is 14.5 Å². The van der Waals surface area contributed by atoms with Gasteiger partial charge in [-0.25, -0.2) is 8.78 Å². The van der Waals surface area contributed by atoms with Crippen LogP contribution in [0.2, 0.25) is 0 Å². The first-order chi connectivity index (χ1) is 8.90. The minimum absolute atomic E-state index is 0.229. The summed E-state index contributed by atoms with van der Waals surface area (Å²) < 4.78 is 29.6. The molecule has 0 bridgehead atoms. The molecule has 1 heterocycles. The second kappa shape index (κ2) is 5.58. The molecule has 0 atom stereocenters. The molecule has 1 aromatic carbocycles. The summed E-state index contributed by atoms with van der Waals surface area (Å²) in [4.78, 5) is 0. The summed E-state index contributed by atoms with van der Waals surface area (Å²) in [6.07, 6.45) is 0. The van der Waals surface area contributed by atoms with Crippen LogP contribution >= 0.6 is 31.9 Å². The molecule has 0 saturated carbocycles. The molecular weight excluding hydrogens is 384 g/mol. The summed E-state index contributed by atoms with van der Waals surface area (Å²) in [6, 6.07) is 2.06. The predicted molar refractivity (Wildman–Crippen MR) is 77.0 cm³/mol. The first kappa shape index (κ1) is 14.5. The highest BCUT2D eigenvalue weighted by Crippen LogP contribution is 2.28. The summed E-state index contributed by atoms with van der Waals surface area (Å²) in [7, 11) is 1.81. The van der Waals surface area contributed by atoms with E-state index in [4.69, 9.17) is 0 Å². The van der Waals surface area contributed by atoms with E-state index in [1.165, 1.54) is 6.07 Å². The largest absolute Gasteiger partial charge is 0.376 e. The molecule has 0 aliphatic heterocycles. The van der Waals surface area contributed by atoms with Gasteiger partial charge in [0.25, 0.3) is 0 Å². The molecule has 7 heteroatoms. The average molecular weight is 395 g/mol. The third kappa shape index (κ3) is 2.97. The molecule has 0 radical (unpaired) electrons. The van der Waals surface area contributed by atoms with Crippen LogP contribution < -0.4 is 5.32 Å². The summed E-state index contributed by atoms with van der Waals surface area (Å²) in [5, 5.41) is 7.19. The van der Waals surface area contributed by atoms with Crippen LogP contribution in [0.5, 0.6) is 0 Å². The molecule has 0 saturated heterocycles. The van der Waals surface area contributed by atoms with Crippen molar-refractivity contribution < 1.29 is 8.78 Å². The van der Waals surface area contributed by atoms with Crippen LogP contribution in [-0.2, 0) is 13.6 Å². The molecule has 0 unspecified atom stereocenters. The molecule has 3 nitrogen and oxygen atoms in total. The molecule has 102 valence electrons. The highest BCUT2D eigenvalue weighted by Gasteiger charge is 2.13. The molecular formula is C12H11Br2F2N3. The molecule has 19 heavy (non-hydrogen) atoms. The van der Waals surface area contributed by atoms with Gasteiger partial charge in [-0.05, 0) is 44.8 Å². The van der Waals surface area contributed by atoms with Crippen molar-refractivity contribution in [1.29, 1.82) is 0 Å². The normalized spacial score (nSPS) is 10.8. The Morgan fingerprint density at radius 3 is 2.53 bits per heavy atom. The highest BCUT2D eigenvalue weighted by molar-refractivity contribution is 9.11. The maximum absolute atomic E-state index is 13.7. The third-order valence-electron chi connectivity index (χ3n) is 2.70. The van der Waals surface area contributed by atoms with Crippen LogP contribution in [0, 0.1) is 18.6 Å². The van der Waals surface area contributed by atoms with Crippen molar-refractivity contribution in [3.8, 4) is 0 Å². The maximum Gasteiger partial charge on any atom is 0.150 e. The molecule has 0 spiro atoms. The number of aromatic nitrogens is 2. The molecule has 1 aromatic heterocycles. The Morgan fingerprint density at radius 2 is 2.00 bits per heavy atom. The topological polar surface area (TPSA) is 29.9 Å². The lowest BCUT2D eigenvalue weighted by Crippen LogP contribution is -2.07. The number of hydrogen-bond donors (Lipinski definition) is 1. The smallest absolute Gasteiger partial charge is 0.150 e. The van der Waals surface area contributed by atoms with Gasteiger partial charge >= 0.3 is 0 Å². The fourth-order valence-corrected chi connectivity index (χ4v) is 2.78. The minimum atomic E-state index is -0.637. The van der Waals surface area contributed by atoms with Crippen LogP contribution in [0.15, 0.2) is 21.1 Å². The van der Waals surface area contributed by atoms with E-state index in [9.17, 15) is 8.78 Å². The second-order valence-electron chi connectivity index (χ2n) is 4.07. The zero-order valence-electron chi connectivity index (χ0n) is 10.3. The lowest BCUT2D eigenvalue weighted by Gasteiger charge is -2.10. The fraction of sp³-hybridized carbons (Fsp3) is 0.250.